The molecule has 1 amide bonds. The molecule has 0 heterocycles. The van der Waals surface area contributed by atoms with Crippen molar-refractivity contribution in [2.45, 2.75) is 13.0 Å². The van der Waals surface area contributed by atoms with Gasteiger partial charge in [-0.25, -0.2) is 5.84 Å². The highest BCUT2D eigenvalue weighted by molar-refractivity contribution is 5.77. The molecule has 0 spiro atoms. The molecule has 0 bridgehead atoms. The van der Waals surface area contributed by atoms with Crippen molar-refractivity contribution in [3.05, 3.63) is 71.8 Å². The van der Waals surface area contributed by atoms with Crippen molar-refractivity contribution >= 4 is 5.91 Å². The van der Waals surface area contributed by atoms with Gasteiger partial charge in [-0.05, 0) is 11.1 Å². The third-order valence-corrected chi connectivity index (χ3v) is 2.66. The van der Waals surface area contributed by atoms with E-state index >= 15 is 0 Å². The van der Waals surface area contributed by atoms with Crippen molar-refractivity contribution in [1.82, 2.24) is 5.17 Å². The zero-order valence-electron chi connectivity index (χ0n) is 10.5. The minimum atomic E-state index is -0.276. The number of nitrogens with zero attached hydrogens (tertiary/aromatic N) is 1. The van der Waals surface area contributed by atoms with Gasteiger partial charge in [-0.1, -0.05) is 60.7 Å². The van der Waals surface area contributed by atoms with Crippen molar-refractivity contribution in [1.29, 1.82) is 0 Å². The number of benzene rings is 2. The van der Waals surface area contributed by atoms with Gasteiger partial charge in [-0.15, -0.1) is 0 Å². The first-order valence-corrected chi connectivity index (χ1v) is 6.04. The highest BCUT2D eigenvalue weighted by Crippen LogP contribution is 2.04. The third-order valence-electron chi connectivity index (χ3n) is 2.66. The number of hydrogen-bond acceptors (Lipinski definition) is 3. The van der Waals surface area contributed by atoms with E-state index in [-0.39, 0.29) is 18.9 Å². The lowest BCUT2D eigenvalue weighted by Gasteiger charge is -2.15. The molecule has 4 heteroatoms. The van der Waals surface area contributed by atoms with Gasteiger partial charge < -0.3 is 0 Å². The van der Waals surface area contributed by atoms with Crippen LogP contribution in [0.1, 0.15) is 11.1 Å². The molecule has 0 aliphatic heterocycles. The van der Waals surface area contributed by atoms with Crippen LogP contribution in [0.2, 0.25) is 0 Å². The van der Waals surface area contributed by atoms with Crippen molar-refractivity contribution in [2.75, 3.05) is 0 Å². The molecule has 2 aromatic rings. The standard InChI is InChI=1S/C15H16N2O2/c16-17(19-12-14-9-5-2-6-10-14)15(18)11-13-7-3-1-4-8-13/h1-10H,11-12,16H2. The van der Waals surface area contributed by atoms with Crippen LogP contribution in [0.3, 0.4) is 0 Å². The Balaban J connectivity index is 1.83. The highest BCUT2D eigenvalue weighted by Gasteiger charge is 2.11. The summed E-state index contributed by atoms with van der Waals surface area (Å²) in [6.07, 6.45) is 0.228. The van der Waals surface area contributed by atoms with Gasteiger partial charge in [0.2, 0.25) is 0 Å². The SMILES string of the molecule is NN(OCc1ccccc1)C(=O)Cc1ccccc1. The van der Waals surface area contributed by atoms with Gasteiger partial charge >= 0.3 is 0 Å². The van der Waals surface area contributed by atoms with Gasteiger partial charge in [0.1, 0.15) is 6.61 Å². The Morgan fingerprint density at radius 2 is 1.47 bits per heavy atom. The van der Waals surface area contributed by atoms with Crippen LogP contribution in [0.15, 0.2) is 60.7 Å². The molecule has 98 valence electrons. The zero-order valence-corrected chi connectivity index (χ0v) is 10.5. The molecule has 2 rings (SSSR count). The second-order valence-electron chi connectivity index (χ2n) is 4.14. The predicted molar refractivity (Wildman–Crippen MR) is 72.4 cm³/mol. The number of amides is 1. The van der Waals surface area contributed by atoms with E-state index in [0.29, 0.717) is 0 Å². The van der Waals surface area contributed by atoms with E-state index in [1.807, 2.05) is 60.7 Å². The normalized spacial score (nSPS) is 10.2. The molecular weight excluding hydrogens is 240 g/mol. The molecule has 0 saturated heterocycles. The maximum atomic E-state index is 11.8. The lowest BCUT2D eigenvalue weighted by Crippen LogP contribution is -2.38. The maximum absolute atomic E-state index is 11.8. The van der Waals surface area contributed by atoms with E-state index in [9.17, 15) is 4.79 Å². The van der Waals surface area contributed by atoms with E-state index in [0.717, 1.165) is 16.3 Å². The summed E-state index contributed by atoms with van der Waals surface area (Å²) < 4.78 is 0. The average Bonchev–Trinajstić information content (AvgIpc) is 2.47. The summed E-state index contributed by atoms with van der Waals surface area (Å²) in [6.45, 7) is 0.276. The largest absolute Gasteiger partial charge is 0.271 e. The first-order valence-electron chi connectivity index (χ1n) is 6.04. The molecule has 2 N–H and O–H groups in total. The minimum Gasteiger partial charge on any atom is -0.271 e. The molecule has 0 atom stereocenters. The van der Waals surface area contributed by atoms with E-state index in [1.165, 1.54) is 0 Å². The minimum absolute atomic E-state index is 0.228. The van der Waals surface area contributed by atoms with Crippen LogP contribution in [0.25, 0.3) is 0 Å². The van der Waals surface area contributed by atoms with Gasteiger partial charge in [-0.3, -0.25) is 9.63 Å². The quantitative estimate of drug-likeness (QED) is 0.506. The topological polar surface area (TPSA) is 55.6 Å². The van der Waals surface area contributed by atoms with E-state index < -0.39 is 0 Å². The van der Waals surface area contributed by atoms with E-state index in [4.69, 9.17) is 10.7 Å². The van der Waals surface area contributed by atoms with E-state index in [1.54, 1.807) is 0 Å². The Morgan fingerprint density at radius 3 is 2.05 bits per heavy atom. The molecule has 0 aliphatic carbocycles. The first kappa shape index (κ1) is 13.3. The Bertz CT molecular complexity index is 514. The Kier molecular flexibility index (Phi) is 4.66. The molecule has 0 aliphatic rings. The zero-order chi connectivity index (χ0) is 13.5. The molecule has 0 aromatic heterocycles. The Morgan fingerprint density at radius 1 is 0.947 bits per heavy atom. The predicted octanol–water partition coefficient (Wildman–Crippen LogP) is 2.06. The van der Waals surface area contributed by atoms with Gasteiger partial charge in [0.05, 0.1) is 6.42 Å². The third kappa shape index (κ3) is 4.21. The number of rotatable bonds is 5. The smallest absolute Gasteiger partial charge is 0.265 e. The average molecular weight is 256 g/mol. The second kappa shape index (κ2) is 6.68. The van der Waals surface area contributed by atoms with Crippen molar-refractivity contribution in [2.24, 2.45) is 5.84 Å². The summed E-state index contributed by atoms with van der Waals surface area (Å²) in [5, 5.41) is 0.806. The monoisotopic (exact) mass is 256 g/mol. The van der Waals surface area contributed by atoms with Crippen molar-refractivity contribution in [3.8, 4) is 0 Å². The lowest BCUT2D eigenvalue weighted by molar-refractivity contribution is -0.192. The summed E-state index contributed by atoms with van der Waals surface area (Å²) in [5.41, 5.74) is 1.87. The maximum Gasteiger partial charge on any atom is 0.265 e. The molecule has 0 radical (unpaired) electrons. The number of hydrazine groups is 1. The van der Waals surface area contributed by atoms with Crippen LogP contribution >= 0.6 is 0 Å². The fourth-order valence-electron chi connectivity index (χ4n) is 1.64. The number of hydroxylamine groups is 1. The molecule has 0 unspecified atom stereocenters. The Hall–Kier alpha value is -2.17. The van der Waals surface area contributed by atoms with Crippen LogP contribution in [0, 0.1) is 0 Å². The van der Waals surface area contributed by atoms with E-state index in [2.05, 4.69) is 0 Å². The summed E-state index contributed by atoms with van der Waals surface area (Å²) in [5.74, 6) is 5.30. The van der Waals surface area contributed by atoms with Crippen LogP contribution in [-0.4, -0.2) is 11.1 Å². The molecule has 19 heavy (non-hydrogen) atoms. The van der Waals surface area contributed by atoms with Crippen LogP contribution in [0.4, 0.5) is 0 Å². The summed E-state index contributed by atoms with van der Waals surface area (Å²) >= 11 is 0. The number of nitrogens with two attached hydrogens (primary N) is 1. The summed E-state index contributed by atoms with van der Waals surface area (Å²) in [7, 11) is 0. The van der Waals surface area contributed by atoms with Gasteiger partial charge in [0, 0.05) is 0 Å². The number of hydrogen-bond donors (Lipinski definition) is 1. The molecule has 2 aromatic carbocycles. The van der Waals surface area contributed by atoms with Crippen LogP contribution in [-0.2, 0) is 22.7 Å². The Labute approximate surface area is 112 Å². The van der Waals surface area contributed by atoms with Gasteiger partial charge in [0.25, 0.3) is 5.91 Å². The van der Waals surface area contributed by atoms with Crippen molar-refractivity contribution < 1.29 is 9.63 Å². The highest BCUT2D eigenvalue weighted by atomic mass is 16.7. The lowest BCUT2D eigenvalue weighted by atomic mass is 10.1. The summed E-state index contributed by atoms with van der Waals surface area (Å²) in [4.78, 5) is 17.0. The summed E-state index contributed by atoms with van der Waals surface area (Å²) in [6, 6.07) is 19.0. The van der Waals surface area contributed by atoms with Crippen LogP contribution < -0.4 is 5.84 Å². The molecule has 4 nitrogen and oxygen atoms in total. The fraction of sp³-hybridized carbons (Fsp3) is 0.133. The number of carbonyl (C=O) groups is 1. The van der Waals surface area contributed by atoms with Crippen molar-refractivity contribution in [3.63, 3.8) is 0 Å². The molecular formula is C15H16N2O2. The van der Waals surface area contributed by atoms with Crippen LogP contribution in [0.5, 0.6) is 0 Å². The second-order valence-corrected chi connectivity index (χ2v) is 4.14. The van der Waals surface area contributed by atoms with Gasteiger partial charge in [0.15, 0.2) is 0 Å². The van der Waals surface area contributed by atoms with Gasteiger partial charge in [-0.2, -0.15) is 5.17 Å². The first-order chi connectivity index (χ1) is 9.25. The number of carbonyl (C=O) groups excluding carboxylic acids is 1. The molecule has 0 fully saturated rings. The molecule has 0 saturated carbocycles. The fourth-order valence-corrected chi connectivity index (χ4v) is 1.64.